The third-order valence-electron chi connectivity index (χ3n) is 3.65. The fourth-order valence-corrected chi connectivity index (χ4v) is 3.36. The Morgan fingerprint density at radius 2 is 2.19 bits per heavy atom. The molecule has 0 saturated heterocycles. The molecule has 0 amide bonds. The summed E-state index contributed by atoms with van der Waals surface area (Å²) in [6.45, 7) is 3.37. The highest BCUT2D eigenvalue weighted by molar-refractivity contribution is 7.07. The van der Waals surface area contributed by atoms with E-state index in [0.29, 0.717) is 6.04 Å². The van der Waals surface area contributed by atoms with Crippen LogP contribution in [-0.2, 0) is 6.54 Å². The molecule has 16 heavy (non-hydrogen) atoms. The zero-order valence-electron chi connectivity index (χ0n) is 10.2. The summed E-state index contributed by atoms with van der Waals surface area (Å²) in [4.78, 5) is 0. The van der Waals surface area contributed by atoms with Crippen molar-refractivity contribution in [1.29, 1.82) is 0 Å². The third-order valence-corrected chi connectivity index (χ3v) is 4.38. The van der Waals surface area contributed by atoms with Crippen LogP contribution in [0.25, 0.3) is 0 Å². The molecule has 1 heterocycles. The number of hydrogen-bond acceptors (Lipinski definition) is 2. The number of rotatable bonds is 5. The molecule has 1 saturated carbocycles. The quantitative estimate of drug-likeness (QED) is 0.809. The molecule has 0 aromatic carbocycles. The summed E-state index contributed by atoms with van der Waals surface area (Å²) in [5, 5.41) is 8.03. The van der Waals surface area contributed by atoms with Gasteiger partial charge in [0.15, 0.2) is 0 Å². The highest BCUT2D eigenvalue weighted by atomic mass is 32.1. The molecule has 1 aromatic rings. The van der Waals surface area contributed by atoms with Crippen molar-refractivity contribution in [3.8, 4) is 0 Å². The smallest absolute Gasteiger partial charge is 0.0216 e. The number of thiophene rings is 1. The van der Waals surface area contributed by atoms with Gasteiger partial charge >= 0.3 is 0 Å². The molecule has 0 bridgehead atoms. The maximum Gasteiger partial charge on any atom is 0.0216 e. The van der Waals surface area contributed by atoms with Crippen LogP contribution in [0.15, 0.2) is 16.8 Å². The van der Waals surface area contributed by atoms with E-state index in [4.69, 9.17) is 0 Å². The van der Waals surface area contributed by atoms with Gasteiger partial charge in [-0.2, -0.15) is 11.3 Å². The molecular weight excluding hydrogens is 214 g/mol. The van der Waals surface area contributed by atoms with E-state index in [0.717, 1.165) is 12.5 Å². The van der Waals surface area contributed by atoms with Crippen LogP contribution in [0, 0.1) is 5.92 Å². The van der Waals surface area contributed by atoms with Crippen molar-refractivity contribution in [2.24, 2.45) is 5.92 Å². The zero-order valence-corrected chi connectivity index (χ0v) is 11.1. The summed E-state index contributed by atoms with van der Waals surface area (Å²) in [6, 6.07) is 2.88. The van der Waals surface area contributed by atoms with Gasteiger partial charge in [0.2, 0.25) is 0 Å². The van der Waals surface area contributed by atoms with Crippen LogP contribution >= 0.6 is 11.3 Å². The summed E-state index contributed by atoms with van der Waals surface area (Å²) in [5.74, 6) is 0.985. The SMILES string of the molecule is CC(CC1CCCCC1)NCc1ccsc1. The molecule has 1 aliphatic rings. The fraction of sp³-hybridized carbons (Fsp3) is 0.714. The standard InChI is InChI=1S/C14H23NS/c1-12(9-13-5-3-2-4-6-13)15-10-14-7-8-16-11-14/h7-8,11-13,15H,2-6,9-10H2,1H3. The molecule has 1 N–H and O–H groups in total. The van der Waals surface area contributed by atoms with Crippen molar-refractivity contribution in [3.63, 3.8) is 0 Å². The average molecular weight is 237 g/mol. The Morgan fingerprint density at radius 3 is 2.88 bits per heavy atom. The molecule has 0 aliphatic heterocycles. The zero-order chi connectivity index (χ0) is 11.2. The predicted molar refractivity (Wildman–Crippen MR) is 71.8 cm³/mol. The molecular formula is C14H23NS. The lowest BCUT2D eigenvalue weighted by atomic mass is 9.85. The predicted octanol–water partition coefficient (Wildman–Crippen LogP) is 4.20. The van der Waals surface area contributed by atoms with Crippen molar-refractivity contribution in [1.82, 2.24) is 5.32 Å². The summed E-state index contributed by atoms with van der Waals surface area (Å²) in [5.41, 5.74) is 1.43. The molecule has 0 radical (unpaired) electrons. The van der Waals surface area contributed by atoms with E-state index in [2.05, 4.69) is 29.1 Å². The van der Waals surface area contributed by atoms with Gasteiger partial charge < -0.3 is 5.32 Å². The molecule has 0 spiro atoms. The largest absolute Gasteiger partial charge is 0.310 e. The molecule has 1 fully saturated rings. The number of hydrogen-bond donors (Lipinski definition) is 1. The van der Waals surface area contributed by atoms with E-state index in [1.54, 1.807) is 11.3 Å². The minimum Gasteiger partial charge on any atom is -0.310 e. The Hall–Kier alpha value is -0.340. The summed E-state index contributed by atoms with van der Waals surface area (Å²) in [7, 11) is 0. The van der Waals surface area contributed by atoms with E-state index in [9.17, 15) is 0 Å². The molecule has 90 valence electrons. The van der Waals surface area contributed by atoms with Gasteiger partial charge in [-0.3, -0.25) is 0 Å². The second-order valence-corrected chi connectivity index (χ2v) is 5.93. The van der Waals surface area contributed by atoms with Gasteiger partial charge in [-0.25, -0.2) is 0 Å². The van der Waals surface area contributed by atoms with Gasteiger partial charge in [0.25, 0.3) is 0 Å². The molecule has 1 aromatic heterocycles. The molecule has 2 heteroatoms. The first-order valence-electron chi connectivity index (χ1n) is 6.59. The lowest BCUT2D eigenvalue weighted by Crippen LogP contribution is -2.28. The molecule has 1 atom stereocenters. The van der Waals surface area contributed by atoms with Gasteiger partial charge in [-0.1, -0.05) is 32.1 Å². The highest BCUT2D eigenvalue weighted by Crippen LogP contribution is 2.27. The van der Waals surface area contributed by atoms with E-state index in [1.807, 2.05) is 0 Å². The molecule has 1 aliphatic carbocycles. The molecule has 1 nitrogen and oxygen atoms in total. The van der Waals surface area contributed by atoms with Gasteiger partial charge in [0.1, 0.15) is 0 Å². The van der Waals surface area contributed by atoms with Crippen LogP contribution in [0.5, 0.6) is 0 Å². The third kappa shape index (κ3) is 3.91. The fourth-order valence-electron chi connectivity index (χ4n) is 2.69. The van der Waals surface area contributed by atoms with Crippen molar-refractivity contribution in [2.45, 2.75) is 58.0 Å². The van der Waals surface area contributed by atoms with Crippen LogP contribution in [0.2, 0.25) is 0 Å². The Morgan fingerprint density at radius 1 is 1.38 bits per heavy atom. The Kier molecular flexibility index (Phi) is 4.86. The van der Waals surface area contributed by atoms with Gasteiger partial charge in [0.05, 0.1) is 0 Å². The summed E-state index contributed by atoms with van der Waals surface area (Å²) in [6.07, 6.45) is 8.68. The molecule has 1 unspecified atom stereocenters. The Balaban J connectivity index is 1.65. The maximum absolute atomic E-state index is 3.64. The van der Waals surface area contributed by atoms with Crippen LogP contribution in [-0.4, -0.2) is 6.04 Å². The highest BCUT2D eigenvalue weighted by Gasteiger charge is 2.15. The van der Waals surface area contributed by atoms with Crippen LogP contribution < -0.4 is 5.32 Å². The van der Waals surface area contributed by atoms with Crippen molar-refractivity contribution in [2.75, 3.05) is 0 Å². The average Bonchev–Trinajstić information content (AvgIpc) is 2.81. The van der Waals surface area contributed by atoms with Gasteiger partial charge in [0, 0.05) is 12.6 Å². The monoisotopic (exact) mass is 237 g/mol. The minimum absolute atomic E-state index is 0.669. The Labute approximate surface area is 103 Å². The lowest BCUT2D eigenvalue weighted by molar-refractivity contribution is 0.305. The van der Waals surface area contributed by atoms with Gasteiger partial charge in [-0.05, 0) is 41.7 Å². The number of nitrogens with one attached hydrogen (secondary N) is 1. The molecule has 2 rings (SSSR count). The maximum atomic E-state index is 3.64. The minimum atomic E-state index is 0.669. The summed E-state index contributed by atoms with van der Waals surface area (Å²) >= 11 is 1.79. The normalized spacial score (nSPS) is 19.8. The van der Waals surface area contributed by atoms with E-state index < -0.39 is 0 Å². The first-order valence-corrected chi connectivity index (χ1v) is 7.53. The van der Waals surface area contributed by atoms with Crippen LogP contribution in [0.4, 0.5) is 0 Å². The van der Waals surface area contributed by atoms with Crippen molar-refractivity contribution in [3.05, 3.63) is 22.4 Å². The first-order chi connectivity index (χ1) is 7.84. The summed E-state index contributed by atoms with van der Waals surface area (Å²) < 4.78 is 0. The van der Waals surface area contributed by atoms with Crippen molar-refractivity contribution >= 4 is 11.3 Å². The van der Waals surface area contributed by atoms with Crippen molar-refractivity contribution < 1.29 is 0 Å². The van der Waals surface area contributed by atoms with E-state index in [-0.39, 0.29) is 0 Å². The van der Waals surface area contributed by atoms with E-state index in [1.165, 1.54) is 44.1 Å². The van der Waals surface area contributed by atoms with E-state index >= 15 is 0 Å². The first kappa shape index (κ1) is 12.1. The second-order valence-electron chi connectivity index (χ2n) is 5.15. The lowest BCUT2D eigenvalue weighted by Gasteiger charge is -2.25. The van der Waals surface area contributed by atoms with Gasteiger partial charge in [-0.15, -0.1) is 0 Å². The Bertz CT molecular complexity index is 275. The topological polar surface area (TPSA) is 12.0 Å². The second kappa shape index (κ2) is 6.41. The van der Waals surface area contributed by atoms with Crippen LogP contribution in [0.3, 0.4) is 0 Å². The van der Waals surface area contributed by atoms with Crippen LogP contribution in [0.1, 0.15) is 51.0 Å².